The van der Waals surface area contributed by atoms with Crippen LogP contribution in [0.1, 0.15) is 25.7 Å². The predicted molar refractivity (Wildman–Crippen MR) is 69.0 cm³/mol. The third-order valence-electron chi connectivity index (χ3n) is 3.65. The van der Waals surface area contributed by atoms with Crippen molar-refractivity contribution in [2.45, 2.75) is 31.7 Å². The Bertz CT molecular complexity index is 525. The number of hydrogen-bond acceptors (Lipinski definition) is 5. The summed E-state index contributed by atoms with van der Waals surface area (Å²) in [5, 5.41) is 8.96. The first-order valence-corrected chi connectivity index (χ1v) is 6.77. The van der Waals surface area contributed by atoms with Gasteiger partial charge in [0.25, 0.3) is 0 Å². The molecule has 2 N–H and O–H groups in total. The van der Waals surface area contributed by atoms with Crippen LogP contribution < -0.4 is 10.1 Å². The van der Waals surface area contributed by atoms with Gasteiger partial charge in [0.15, 0.2) is 0 Å². The van der Waals surface area contributed by atoms with E-state index < -0.39 is 6.04 Å². The van der Waals surface area contributed by atoms with Crippen LogP contribution in [-0.2, 0) is 9.59 Å². The molecule has 8 nitrogen and oxygen atoms in total. The second-order valence-corrected chi connectivity index (χ2v) is 5.12. The number of aromatic nitrogens is 3. The zero-order valence-corrected chi connectivity index (χ0v) is 11.3. The van der Waals surface area contributed by atoms with E-state index in [-0.39, 0.29) is 29.7 Å². The van der Waals surface area contributed by atoms with Crippen LogP contribution in [-0.4, -0.2) is 51.6 Å². The lowest BCUT2D eigenvalue weighted by Crippen LogP contribution is -2.44. The van der Waals surface area contributed by atoms with E-state index in [0.29, 0.717) is 13.0 Å². The summed E-state index contributed by atoms with van der Waals surface area (Å²) in [7, 11) is 1.45. The Morgan fingerprint density at radius 2 is 2.20 bits per heavy atom. The van der Waals surface area contributed by atoms with E-state index in [4.69, 9.17) is 4.74 Å². The first kappa shape index (κ1) is 12.9. The molecule has 0 radical (unpaired) electrons. The van der Waals surface area contributed by atoms with Gasteiger partial charge in [-0.2, -0.15) is 4.98 Å². The highest BCUT2D eigenvalue weighted by atomic mass is 16.5. The zero-order valence-electron chi connectivity index (χ0n) is 11.3. The standard InChI is InChI=1S/C12H17N5O3/c1-20-12-14-11(15-16-12)13-9(18)8-3-2-6-17(8)10(19)7-4-5-7/h7-8H,2-6H2,1H3,(H2,13,14,15,16,18). The van der Waals surface area contributed by atoms with E-state index in [0.717, 1.165) is 19.3 Å². The topological polar surface area (TPSA) is 100 Å². The monoisotopic (exact) mass is 279 g/mol. The smallest absolute Gasteiger partial charge is 0.336 e. The fraction of sp³-hybridized carbons (Fsp3) is 0.667. The molecule has 2 amide bonds. The molecule has 8 heteroatoms. The number of ether oxygens (including phenoxy) is 1. The minimum atomic E-state index is -0.404. The third kappa shape index (κ3) is 2.45. The fourth-order valence-electron chi connectivity index (χ4n) is 2.46. The molecule has 1 aromatic rings. The number of methoxy groups -OCH3 is 1. The van der Waals surface area contributed by atoms with Gasteiger partial charge in [-0.25, -0.2) is 5.10 Å². The molecule has 2 aliphatic rings. The van der Waals surface area contributed by atoms with Gasteiger partial charge in [0.05, 0.1) is 7.11 Å². The van der Waals surface area contributed by atoms with Crippen LogP contribution in [0.15, 0.2) is 0 Å². The maximum atomic E-state index is 12.2. The van der Waals surface area contributed by atoms with Gasteiger partial charge >= 0.3 is 6.01 Å². The van der Waals surface area contributed by atoms with Crippen LogP contribution in [0.25, 0.3) is 0 Å². The zero-order chi connectivity index (χ0) is 14.1. The predicted octanol–water partition coefficient (Wildman–Crippen LogP) is 0.153. The Morgan fingerprint density at radius 3 is 2.85 bits per heavy atom. The van der Waals surface area contributed by atoms with Gasteiger partial charge in [0, 0.05) is 12.5 Å². The van der Waals surface area contributed by atoms with Gasteiger partial charge in [-0.15, -0.1) is 5.10 Å². The van der Waals surface area contributed by atoms with Gasteiger partial charge in [-0.1, -0.05) is 0 Å². The van der Waals surface area contributed by atoms with Gasteiger partial charge in [0.1, 0.15) is 6.04 Å². The summed E-state index contributed by atoms with van der Waals surface area (Å²) in [4.78, 5) is 30.0. The lowest BCUT2D eigenvalue weighted by molar-refractivity contribution is -0.137. The molecule has 1 saturated carbocycles. The van der Waals surface area contributed by atoms with Crippen molar-refractivity contribution >= 4 is 17.8 Å². The molecular formula is C12H17N5O3. The number of aromatic amines is 1. The summed E-state index contributed by atoms with van der Waals surface area (Å²) in [6, 6.07) is -0.239. The second kappa shape index (κ2) is 5.10. The maximum absolute atomic E-state index is 12.2. The van der Waals surface area contributed by atoms with Gasteiger partial charge in [-0.05, 0) is 25.7 Å². The number of rotatable bonds is 4. The quantitative estimate of drug-likeness (QED) is 0.817. The van der Waals surface area contributed by atoms with Gasteiger partial charge in [-0.3, -0.25) is 14.9 Å². The van der Waals surface area contributed by atoms with E-state index in [9.17, 15) is 9.59 Å². The highest BCUT2D eigenvalue weighted by Crippen LogP contribution is 2.33. The molecule has 1 atom stereocenters. The lowest BCUT2D eigenvalue weighted by atomic mass is 10.2. The summed E-state index contributed by atoms with van der Waals surface area (Å²) in [5.74, 6) is 0.249. The van der Waals surface area contributed by atoms with E-state index in [1.54, 1.807) is 4.90 Å². The largest absolute Gasteiger partial charge is 0.466 e. The SMILES string of the molecule is COc1n[nH]c(NC(=O)C2CCCN2C(=O)C2CC2)n1. The van der Waals surface area contributed by atoms with Crippen LogP contribution in [0.2, 0.25) is 0 Å². The number of nitrogens with one attached hydrogen (secondary N) is 2. The molecule has 1 aromatic heterocycles. The molecule has 2 fully saturated rings. The Balaban J connectivity index is 1.64. The van der Waals surface area contributed by atoms with Crippen molar-refractivity contribution in [2.24, 2.45) is 5.92 Å². The lowest BCUT2D eigenvalue weighted by Gasteiger charge is -2.23. The van der Waals surface area contributed by atoms with Crippen molar-refractivity contribution < 1.29 is 14.3 Å². The number of H-pyrrole nitrogens is 1. The second-order valence-electron chi connectivity index (χ2n) is 5.12. The van der Waals surface area contributed by atoms with Crippen LogP contribution >= 0.6 is 0 Å². The molecule has 1 saturated heterocycles. The summed E-state index contributed by atoms with van der Waals surface area (Å²) >= 11 is 0. The number of hydrogen-bond donors (Lipinski definition) is 2. The first-order chi connectivity index (χ1) is 9.69. The molecule has 0 bridgehead atoms. The van der Waals surface area contributed by atoms with Crippen LogP contribution in [0.3, 0.4) is 0 Å². The van der Waals surface area contributed by atoms with Crippen molar-refractivity contribution in [3.63, 3.8) is 0 Å². The van der Waals surface area contributed by atoms with Crippen molar-refractivity contribution in [3.05, 3.63) is 0 Å². The third-order valence-corrected chi connectivity index (χ3v) is 3.65. The normalized spacial score (nSPS) is 21.9. The number of carbonyl (C=O) groups excluding carboxylic acids is 2. The Hall–Kier alpha value is -2.12. The number of nitrogens with zero attached hydrogens (tertiary/aromatic N) is 3. The number of carbonyl (C=O) groups is 2. The van der Waals surface area contributed by atoms with Crippen molar-refractivity contribution in [1.29, 1.82) is 0 Å². The van der Waals surface area contributed by atoms with Crippen molar-refractivity contribution in [3.8, 4) is 6.01 Å². The average molecular weight is 279 g/mol. The number of anilines is 1. The minimum absolute atomic E-state index is 0.109. The average Bonchev–Trinajstić information content (AvgIpc) is 3.01. The molecular weight excluding hydrogens is 262 g/mol. The summed E-state index contributed by atoms with van der Waals surface area (Å²) < 4.78 is 4.83. The van der Waals surface area contributed by atoms with E-state index in [2.05, 4.69) is 20.5 Å². The molecule has 1 unspecified atom stereocenters. The van der Waals surface area contributed by atoms with E-state index in [1.165, 1.54) is 7.11 Å². The van der Waals surface area contributed by atoms with Gasteiger partial charge in [0.2, 0.25) is 17.8 Å². The first-order valence-electron chi connectivity index (χ1n) is 6.77. The molecule has 20 heavy (non-hydrogen) atoms. The fourth-order valence-corrected chi connectivity index (χ4v) is 2.46. The Kier molecular flexibility index (Phi) is 3.29. The molecule has 0 aromatic carbocycles. The maximum Gasteiger partial charge on any atom is 0.336 e. The van der Waals surface area contributed by atoms with Crippen molar-refractivity contribution in [1.82, 2.24) is 20.1 Å². The highest BCUT2D eigenvalue weighted by molar-refractivity contribution is 5.97. The van der Waals surface area contributed by atoms with Crippen LogP contribution in [0.5, 0.6) is 6.01 Å². The molecule has 1 aliphatic heterocycles. The molecule has 0 spiro atoms. The summed E-state index contributed by atoms with van der Waals surface area (Å²) in [6.07, 6.45) is 3.44. The minimum Gasteiger partial charge on any atom is -0.466 e. The molecule has 108 valence electrons. The Morgan fingerprint density at radius 1 is 1.40 bits per heavy atom. The summed E-state index contributed by atoms with van der Waals surface area (Å²) in [5.41, 5.74) is 0. The van der Waals surface area contributed by atoms with Crippen LogP contribution in [0, 0.1) is 5.92 Å². The van der Waals surface area contributed by atoms with E-state index in [1.807, 2.05) is 0 Å². The van der Waals surface area contributed by atoms with Crippen LogP contribution in [0.4, 0.5) is 5.95 Å². The highest BCUT2D eigenvalue weighted by Gasteiger charge is 2.40. The van der Waals surface area contributed by atoms with E-state index >= 15 is 0 Å². The summed E-state index contributed by atoms with van der Waals surface area (Å²) in [6.45, 7) is 0.660. The van der Waals surface area contributed by atoms with Crippen molar-refractivity contribution in [2.75, 3.05) is 19.0 Å². The molecule has 3 rings (SSSR count). The number of amides is 2. The molecule has 2 heterocycles. The number of likely N-dealkylation sites (tertiary alicyclic amines) is 1. The van der Waals surface area contributed by atoms with Gasteiger partial charge < -0.3 is 9.64 Å². The molecule has 1 aliphatic carbocycles. The Labute approximate surface area is 115 Å².